The Kier molecular flexibility index (Phi) is 7.82. The lowest BCUT2D eigenvalue weighted by molar-refractivity contribution is 0.507. The fourth-order valence-corrected chi connectivity index (χ4v) is 0.964. The van der Waals surface area contributed by atoms with Gasteiger partial charge >= 0.3 is 0 Å². The topological polar surface area (TPSA) is 12.0 Å². The standard InChI is InChI=1S/C9H11F2N.C3H8.H2/c1-12-5-4-7-2-3-8(10)9(11)6-7;1-3-2;/h2-3,6,12H,4-5H2,1H3;3H2,1-2H3;1H. The molecule has 0 aliphatic heterocycles. The van der Waals surface area contributed by atoms with Gasteiger partial charge in [-0.3, -0.25) is 0 Å². The number of rotatable bonds is 3. The van der Waals surface area contributed by atoms with Crippen LogP contribution >= 0.6 is 0 Å². The van der Waals surface area contributed by atoms with E-state index < -0.39 is 11.6 Å². The third kappa shape index (κ3) is 6.18. The summed E-state index contributed by atoms with van der Waals surface area (Å²) in [7, 11) is 1.82. The Morgan fingerprint density at radius 2 is 1.80 bits per heavy atom. The van der Waals surface area contributed by atoms with Crippen LogP contribution in [0.4, 0.5) is 8.78 Å². The lowest BCUT2D eigenvalue weighted by atomic mass is 10.1. The second-order valence-electron chi connectivity index (χ2n) is 3.31. The Balaban J connectivity index is 0. The fraction of sp³-hybridized carbons (Fsp3) is 0.500. The van der Waals surface area contributed by atoms with Crippen LogP contribution in [0.5, 0.6) is 0 Å². The fourth-order valence-electron chi connectivity index (χ4n) is 0.964. The Morgan fingerprint density at radius 3 is 2.27 bits per heavy atom. The average molecular weight is 217 g/mol. The van der Waals surface area contributed by atoms with Crippen molar-refractivity contribution in [3.8, 4) is 0 Å². The van der Waals surface area contributed by atoms with Crippen LogP contribution in [0.25, 0.3) is 0 Å². The third-order valence-corrected chi connectivity index (χ3v) is 1.65. The van der Waals surface area contributed by atoms with Gasteiger partial charge in [0.1, 0.15) is 0 Å². The summed E-state index contributed by atoms with van der Waals surface area (Å²) in [5.74, 6) is -1.56. The highest BCUT2D eigenvalue weighted by Crippen LogP contribution is 2.08. The van der Waals surface area contributed by atoms with Gasteiger partial charge in [0.05, 0.1) is 0 Å². The molecule has 0 aliphatic carbocycles. The number of halogens is 2. The van der Waals surface area contributed by atoms with Crippen molar-refractivity contribution in [1.82, 2.24) is 5.32 Å². The first-order chi connectivity index (χ1) is 7.15. The molecule has 1 nitrogen and oxygen atoms in total. The van der Waals surface area contributed by atoms with Crippen LogP contribution in [0.15, 0.2) is 18.2 Å². The van der Waals surface area contributed by atoms with Crippen molar-refractivity contribution in [2.45, 2.75) is 26.7 Å². The highest BCUT2D eigenvalue weighted by molar-refractivity contribution is 5.17. The van der Waals surface area contributed by atoms with Gasteiger partial charge in [0, 0.05) is 1.43 Å². The molecule has 15 heavy (non-hydrogen) atoms. The molecule has 3 heteroatoms. The van der Waals surface area contributed by atoms with Gasteiger partial charge in [-0.1, -0.05) is 26.3 Å². The van der Waals surface area contributed by atoms with E-state index in [4.69, 9.17) is 0 Å². The summed E-state index contributed by atoms with van der Waals surface area (Å²) >= 11 is 0. The molecule has 0 saturated carbocycles. The molecule has 0 bridgehead atoms. The summed E-state index contributed by atoms with van der Waals surface area (Å²) in [4.78, 5) is 0. The van der Waals surface area contributed by atoms with Crippen molar-refractivity contribution in [3.05, 3.63) is 35.4 Å². The lowest BCUT2D eigenvalue weighted by Crippen LogP contribution is -2.10. The monoisotopic (exact) mass is 217 g/mol. The van der Waals surface area contributed by atoms with Crippen LogP contribution < -0.4 is 5.32 Å². The van der Waals surface area contributed by atoms with Gasteiger partial charge in [0.2, 0.25) is 0 Å². The molecule has 0 fully saturated rings. The van der Waals surface area contributed by atoms with Gasteiger partial charge in [-0.05, 0) is 37.7 Å². The van der Waals surface area contributed by atoms with Crippen LogP contribution in [0, 0.1) is 11.6 Å². The van der Waals surface area contributed by atoms with Crippen LogP contribution in [0.3, 0.4) is 0 Å². The van der Waals surface area contributed by atoms with Crippen LogP contribution in [-0.4, -0.2) is 13.6 Å². The number of nitrogens with one attached hydrogen (secondary N) is 1. The molecule has 0 aliphatic rings. The van der Waals surface area contributed by atoms with Crippen molar-refractivity contribution in [2.24, 2.45) is 0 Å². The van der Waals surface area contributed by atoms with Crippen molar-refractivity contribution in [3.63, 3.8) is 0 Å². The molecule has 1 aromatic rings. The highest BCUT2D eigenvalue weighted by atomic mass is 19.2. The first kappa shape index (κ1) is 14.0. The number of hydrogen-bond acceptors (Lipinski definition) is 1. The third-order valence-electron chi connectivity index (χ3n) is 1.65. The van der Waals surface area contributed by atoms with Gasteiger partial charge in [-0.15, -0.1) is 0 Å². The van der Waals surface area contributed by atoms with E-state index in [2.05, 4.69) is 19.2 Å². The molecule has 0 aromatic heterocycles. The van der Waals surface area contributed by atoms with E-state index in [1.165, 1.54) is 12.5 Å². The highest BCUT2D eigenvalue weighted by Gasteiger charge is 2.01. The predicted molar refractivity (Wildman–Crippen MR) is 62.1 cm³/mol. The van der Waals surface area contributed by atoms with E-state index in [-0.39, 0.29) is 1.43 Å². The average Bonchev–Trinajstić information content (AvgIpc) is 2.21. The smallest absolute Gasteiger partial charge is 0.159 e. The van der Waals surface area contributed by atoms with Gasteiger partial charge < -0.3 is 5.32 Å². The zero-order valence-corrected chi connectivity index (χ0v) is 9.61. The quantitative estimate of drug-likeness (QED) is 0.818. The molecule has 1 aromatic carbocycles. The summed E-state index contributed by atoms with van der Waals surface area (Å²) in [5, 5.41) is 2.93. The van der Waals surface area contributed by atoms with E-state index in [0.717, 1.165) is 18.2 Å². The minimum absolute atomic E-state index is 0. The minimum atomic E-state index is -0.789. The van der Waals surface area contributed by atoms with E-state index >= 15 is 0 Å². The van der Waals surface area contributed by atoms with Crippen molar-refractivity contribution >= 4 is 0 Å². The van der Waals surface area contributed by atoms with Gasteiger partial charge in [-0.2, -0.15) is 0 Å². The van der Waals surface area contributed by atoms with Crippen LogP contribution in [0.1, 0.15) is 27.3 Å². The second kappa shape index (κ2) is 8.36. The SMILES string of the molecule is CCC.CNCCc1ccc(F)c(F)c1.[HH]. The number of likely N-dealkylation sites (N-methyl/N-ethyl adjacent to an activating group) is 1. The van der Waals surface area contributed by atoms with Crippen molar-refractivity contribution < 1.29 is 10.2 Å². The van der Waals surface area contributed by atoms with Gasteiger partial charge in [0.25, 0.3) is 0 Å². The van der Waals surface area contributed by atoms with Crippen molar-refractivity contribution in [2.75, 3.05) is 13.6 Å². The molecule has 0 heterocycles. The molecule has 0 amide bonds. The molecular formula is C12H21F2N. The molecule has 0 unspecified atom stereocenters. The lowest BCUT2D eigenvalue weighted by Gasteiger charge is -2.00. The Hall–Kier alpha value is -0.960. The largest absolute Gasteiger partial charge is 0.319 e. The molecule has 1 rings (SSSR count). The molecule has 0 saturated heterocycles. The van der Waals surface area contributed by atoms with Gasteiger partial charge in [0.15, 0.2) is 11.6 Å². The zero-order valence-electron chi connectivity index (χ0n) is 9.61. The maximum Gasteiger partial charge on any atom is 0.159 e. The maximum absolute atomic E-state index is 12.6. The van der Waals surface area contributed by atoms with E-state index in [9.17, 15) is 8.78 Å². The molecule has 0 atom stereocenters. The van der Waals surface area contributed by atoms with E-state index in [1.54, 1.807) is 6.07 Å². The Morgan fingerprint density at radius 1 is 1.20 bits per heavy atom. The number of benzene rings is 1. The number of hydrogen-bond donors (Lipinski definition) is 1. The minimum Gasteiger partial charge on any atom is -0.319 e. The zero-order chi connectivity index (χ0) is 11.7. The molecule has 0 spiro atoms. The first-order valence-electron chi connectivity index (χ1n) is 5.24. The maximum atomic E-state index is 12.6. The Labute approximate surface area is 92.0 Å². The summed E-state index contributed by atoms with van der Waals surface area (Å²) in [6.07, 6.45) is 1.97. The normalized spacial score (nSPS) is 9.40. The summed E-state index contributed by atoms with van der Waals surface area (Å²) in [5.41, 5.74) is 0.809. The molecule has 1 N–H and O–H groups in total. The molecule has 88 valence electrons. The van der Waals surface area contributed by atoms with Crippen LogP contribution in [0.2, 0.25) is 0 Å². The van der Waals surface area contributed by atoms with Crippen molar-refractivity contribution in [1.29, 1.82) is 0 Å². The summed E-state index contributed by atoms with van der Waals surface area (Å²) in [6.45, 7) is 5.02. The Bertz CT molecular complexity index is 280. The molecule has 0 radical (unpaired) electrons. The summed E-state index contributed by atoms with van der Waals surface area (Å²) < 4.78 is 25.0. The second-order valence-corrected chi connectivity index (χ2v) is 3.31. The van der Waals surface area contributed by atoms with Crippen LogP contribution in [-0.2, 0) is 6.42 Å². The van der Waals surface area contributed by atoms with Gasteiger partial charge in [-0.25, -0.2) is 8.78 Å². The predicted octanol–water partition coefficient (Wildman–Crippen LogP) is 3.39. The summed E-state index contributed by atoms with van der Waals surface area (Å²) in [6, 6.07) is 3.97. The van der Waals surface area contributed by atoms with E-state index in [0.29, 0.717) is 6.42 Å². The van der Waals surface area contributed by atoms with E-state index in [1.807, 2.05) is 7.05 Å². The first-order valence-corrected chi connectivity index (χ1v) is 5.24. The molecular weight excluding hydrogens is 196 g/mol.